The number of benzene rings is 1. The molecule has 1 aromatic rings. The van der Waals surface area contributed by atoms with E-state index in [1.54, 1.807) is 13.2 Å². The Bertz CT molecular complexity index is 576. The summed E-state index contributed by atoms with van der Waals surface area (Å²) in [5.74, 6) is 0.480. The third-order valence-corrected chi connectivity index (χ3v) is 4.88. The average molecular weight is 336 g/mol. The smallest absolute Gasteiger partial charge is 0.245 e. The Morgan fingerprint density at radius 3 is 2.75 bits per heavy atom. The van der Waals surface area contributed by atoms with Crippen LogP contribution in [0.1, 0.15) is 27.2 Å². The second kappa shape index (κ2) is 7.51. The number of nitrogens with one attached hydrogen (secondary N) is 1. The predicted molar refractivity (Wildman–Crippen MR) is 93.2 cm³/mol. The van der Waals surface area contributed by atoms with Crippen LogP contribution in [0, 0.1) is 5.41 Å². The van der Waals surface area contributed by atoms with E-state index in [0.717, 1.165) is 0 Å². The normalized spacial score (nSPS) is 25.0. The summed E-state index contributed by atoms with van der Waals surface area (Å²) in [6.07, 6.45) is 0.519. The SMILES string of the molecule is CCOC1CC(N)(C(=O)Nc2cccc(OCCOC)c2)C1(C)C. The van der Waals surface area contributed by atoms with Gasteiger partial charge in [-0.3, -0.25) is 4.79 Å². The fourth-order valence-corrected chi connectivity index (χ4v) is 2.97. The Hall–Kier alpha value is -1.63. The van der Waals surface area contributed by atoms with E-state index >= 15 is 0 Å². The van der Waals surface area contributed by atoms with Gasteiger partial charge in [-0.25, -0.2) is 0 Å². The van der Waals surface area contributed by atoms with E-state index in [9.17, 15) is 4.79 Å². The molecule has 0 saturated heterocycles. The highest BCUT2D eigenvalue weighted by atomic mass is 16.5. The molecule has 2 unspecified atom stereocenters. The average Bonchev–Trinajstić information content (AvgIpc) is 2.55. The van der Waals surface area contributed by atoms with Crippen LogP contribution < -0.4 is 15.8 Å². The summed E-state index contributed by atoms with van der Waals surface area (Å²) in [5, 5.41) is 2.90. The van der Waals surface area contributed by atoms with Gasteiger partial charge in [-0.2, -0.15) is 0 Å². The van der Waals surface area contributed by atoms with E-state index in [4.69, 9.17) is 19.9 Å². The van der Waals surface area contributed by atoms with Crippen LogP contribution in [0.5, 0.6) is 5.75 Å². The monoisotopic (exact) mass is 336 g/mol. The van der Waals surface area contributed by atoms with Crippen molar-refractivity contribution in [3.63, 3.8) is 0 Å². The van der Waals surface area contributed by atoms with Crippen LogP contribution in [0.15, 0.2) is 24.3 Å². The first kappa shape index (κ1) is 18.7. The standard InChI is InChI=1S/C18H28N2O4/c1-5-23-15-12-18(19,17(15,2)3)16(21)20-13-7-6-8-14(11-13)24-10-9-22-4/h6-8,11,15H,5,9-10,12,19H2,1-4H3,(H,20,21). The van der Waals surface area contributed by atoms with Crippen molar-refractivity contribution in [1.29, 1.82) is 0 Å². The Balaban J connectivity index is 2.01. The minimum absolute atomic E-state index is 0.00182. The number of rotatable bonds is 8. The van der Waals surface area contributed by atoms with Crippen molar-refractivity contribution in [3.05, 3.63) is 24.3 Å². The lowest BCUT2D eigenvalue weighted by Crippen LogP contribution is -2.74. The van der Waals surface area contributed by atoms with Gasteiger partial charge < -0.3 is 25.3 Å². The van der Waals surface area contributed by atoms with Crippen LogP contribution in [0.4, 0.5) is 5.69 Å². The zero-order valence-electron chi connectivity index (χ0n) is 14.9. The molecule has 0 aliphatic heterocycles. The van der Waals surface area contributed by atoms with Gasteiger partial charge in [0.2, 0.25) is 5.91 Å². The molecule has 0 radical (unpaired) electrons. The van der Waals surface area contributed by atoms with Crippen LogP contribution in [0.2, 0.25) is 0 Å². The first-order valence-corrected chi connectivity index (χ1v) is 8.29. The van der Waals surface area contributed by atoms with E-state index < -0.39 is 11.0 Å². The van der Waals surface area contributed by atoms with E-state index in [1.165, 1.54) is 0 Å². The summed E-state index contributed by atoms with van der Waals surface area (Å²) < 4.78 is 16.2. The van der Waals surface area contributed by atoms with Gasteiger partial charge in [-0.15, -0.1) is 0 Å². The van der Waals surface area contributed by atoms with E-state index in [-0.39, 0.29) is 12.0 Å². The molecule has 6 nitrogen and oxygen atoms in total. The second-order valence-electron chi connectivity index (χ2n) is 6.66. The molecule has 1 saturated carbocycles. The summed E-state index contributed by atoms with van der Waals surface area (Å²) in [6, 6.07) is 7.26. The van der Waals surface area contributed by atoms with Crippen molar-refractivity contribution in [2.45, 2.75) is 38.8 Å². The van der Waals surface area contributed by atoms with Gasteiger partial charge in [-0.1, -0.05) is 19.9 Å². The van der Waals surface area contributed by atoms with Crippen LogP contribution in [0.25, 0.3) is 0 Å². The number of carbonyl (C=O) groups is 1. The van der Waals surface area contributed by atoms with Gasteiger partial charge in [0, 0.05) is 37.3 Å². The van der Waals surface area contributed by atoms with Crippen LogP contribution in [-0.2, 0) is 14.3 Å². The van der Waals surface area contributed by atoms with Crippen LogP contribution in [-0.4, -0.2) is 44.5 Å². The van der Waals surface area contributed by atoms with Gasteiger partial charge in [0.25, 0.3) is 0 Å². The zero-order chi connectivity index (χ0) is 17.8. The number of anilines is 1. The number of hydrogen-bond donors (Lipinski definition) is 2. The summed E-state index contributed by atoms with van der Waals surface area (Å²) >= 11 is 0. The Kier molecular flexibility index (Phi) is 5.85. The molecule has 1 amide bonds. The van der Waals surface area contributed by atoms with Gasteiger partial charge in [0.15, 0.2) is 0 Å². The lowest BCUT2D eigenvalue weighted by molar-refractivity contribution is -0.166. The van der Waals surface area contributed by atoms with Crippen molar-refractivity contribution in [2.24, 2.45) is 11.1 Å². The highest BCUT2D eigenvalue weighted by Gasteiger charge is 2.62. The van der Waals surface area contributed by atoms with E-state index in [2.05, 4.69) is 5.32 Å². The number of carbonyl (C=O) groups excluding carboxylic acids is 1. The fourth-order valence-electron chi connectivity index (χ4n) is 2.97. The molecule has 134 valence electrons. The van der Waals surface area contributed by atoms with E-state index in [0.29, 0.717) is 37.7 Å². The molecule has 6 heteroatoms. The van der Waals surface area contributed by atoms with Crippen molar-refractivity contribution < 1.29 is 19.0 Å². The highest BCUT2D eigenvalue weighted by molar-refractivity contribution is 5.99. The quantitative estimate of drug-likeness (QED) is 0.711. The molecule has 1 aliphatic rings. The van der Waals surface area contributed by atoms with Gasteiger partial charge in [-0.05, 0) is 19.1 Å². The molecule has 2 atom stereocenters. The first-order valence-electron chi connectivity index (χ1n) is 8.29. The maximum atomic E-state index is 12.7. The molecule has 24 heavy (non-hydrogen) atoms. The number of hydrogen-bond acceptors (Lipinski definition) is 5. The molecule has 1 aliphatic carbocycles. The Labute approximate surface area is 143 Å². The van der Waals surface area contributed by atoms with Gasteiger partial charge in [0.1, 0.15) is 17.9 Å². The van der Waals surface area contributed by atoms with Crippen molar-refractivity contribution in [3.8, 4) is 5.75 Å². The zero-order valence-corrected chi connectivity index (χ0v) is 14.9. The number of nitrogens with two attached hydrogens (primary N) is 1. The van der Waals surface area contributed by atoms with Gasteiger partial charge >= 0.3 is 0 Å². The molecule has 0 bridgehead atoms. The largest absolute Gasteiger partial charge is 0.491 e. The topological polar surface area (TPSA) is 82.8 Å². The van der Waals surface area contributed by atoms with E-state index in [1.807, 2.05) is 39.0 Å². The lowest BCUT2D eigenvalue weighted by Gasteiger charge is -2.57. The summed E-state index contributed by atoms with van der Waals surface area (Å²) in [4.78, 5) is 12.7. The number of methoxy groups -OCH3 is 1. The maximum absolute atomic E-state index is 12.7. The molecule has 0 aromatic heterocycles. The Morgan fingerprint density at radius 1 is 1.38 bits per heavy atom. The third-order valence-electron chi connectivity index (χ3n) is 4.88. The molecule has 0 heterocycles. The summed E-state index contributed by atoms with van der Waals surface area (Å²) in [6.45, 7) is 7.48. The second-order valence-corrected chi connectivity index (χ2v) is 6.66. The van der Waals surface area contributed by atoms with Gasteiger partial charge in [0.05, 0.1) is 12.7 Å². The highest BCUT2D eigenvalue weighted by Crippen LogP contribution is 2.50. The van der Waals surface area contributed by atoms with Crippen molar-refractivity contribution in [1.82, 2.24) is 0 Å². The van der Waals surface area contributed by atoms with Crippen molar-refractivity contribution >= 4 is 11.6 Å². The minimum Gasteiger partial charge on any atom is -0.491 e. The molecule has 1 aromatic carbocycles. The molecule has 2 rings (SSSR count). The minimum atomic E-state index is -0.945. The maximum Gasteiger partial charge on any atom is 0.245 e. The predicted octanol–water partition coefficient (Wildman–Crippen LogP) is 2.18. The first-order chi connectivity index (χ1) is 11.3. The summed E-state index contributed by atoms with van der Waals surface area (Å²) in [7, 11) is 1.62. The molecular formula is C18H28N2O4. The summed E-state index contributed by atoms with van der Waals surface area (Å²) in [5.41, 5.74) is 5.69. The Morgan fingerprint density at radius 2 is 2.12 bits per heavy atom. The third kappa shape index (κ3) is 3.55. The van der Waals surface area contributed by atoms with Crippen LogP contribution >= 0.6 is 0 Å². The lowest BCUT2D eigenvalue weighted by atomic mass is 9.54. The molecule has 0 spiro atoms. The molecular weight excluding hydrogens is 308 g/mol. The van der Waals surface area contributed by atoms with Crippen molar-refractivity contribution in [2.75, 3.05) is 32.2 Å². The number of ether oxygens (including phenoxy) is 3. The fraction of sp³-hybridized carbons (Fsp3) is 0.611. The van der Waals surface area contributed by atoms with Crippen LogP contribution in [0.3, 0.4) is 0 Å². The molecule has 1 fully saturated rings. The number of amides is 1. The molecule has 3 N–H and O–H groups in total.